The summed E-state index contributed by atoms with van der Waals surface area (Å²) in [5.74, 6) is 0. The van der Waals surface area contributed by atoms with Crippen molar-refractivity contribution in [3.05, 3.63) is 54.1 Å². The maximum Gasteiger partial charge on any atom is -0.0184 e. The van der Waals surface area contributed by atoms with Crippen LogP contribution in [0.4, 0.5) is 0 Å². The SMILES string of the molecule is C=Cc1cc(C=C)c(CC)cc1C=C. The van der Waals surface area contributed by atoms with Crippen molar-refractivity contribution in [2.45, 2.75) is 13.3 Å². The summed E-state index contributed by atoms with van der Waals surface area (Å²) < 4.78 is 0. The van der Waals surface area contributed by atoms with Crippen molar-refractivity contribution >= 4 is 18.2 Å². The first kappa shape index (κ1) is 10.5. The van der Waals surface area contributed by atoms with E-state index in [1.54, 1.807) is 0 Å². The quantitative estimate of drug-likeness (QED) is 0.658. The maximum absolute atomic E-state index is 3.81. The second kappa shape index (κ2) is 4.61. The van der Waals surface area contributed by atoms with Crippen molar-refractivity contribution in [2.75, 3.05) is 0 Å². The summed E-state index contributed by atoms with van der Waals surface area (Å²) in [6, 6.07) is 4.26. The fraction of sp³-hybridized carbons (Fsp3) is 0.143. The van der Waals surface area contributed by atoms with Crippen LogP contribution in [0.5, 0.6) is 0 Å². The minimum atomic E-state index is 1.01. The van der Waals surface area contributed by atoms with Gasteiger partial charge in [0, 0.05) is 0 Å². The molecule has 1 aromatic carbocycles. The standard InChI is InChI=1S/C14H16/c1-5-11-9-13(7-3)14(8-4)10-12(11)6-2/h5-7,9-10H,1-3,8H2,4H3. The van der Waals surface area contributed by atoms with E-state index < -0.39 is 0 Å². The van der Waals surface area contributed by atoms with Crippen molar-refractivity contribution in [2.24, 2.45) is 0 Å². The van der Waals surface area contributed by atoms with E-state index in [1.165, 1.54) is 11.1 Å². The highest BCUT2D eigenvalue weighted by molar-refractivity contribution is 5.69. The van der Waals surface area contributed by atoms with Gasteiger partial charge in [-0.05, 0) is 34.7 Å². The first-order valence-corrected chi connectivity index (χ1v) is 4.81. The summed E-state index contributed by atoms with van der Waals surface area (Å²) in [6.07, 6.45) is 6.62. The Kier molecular flexibility index (Phi) is 3.47. The van der Waals surface area contributed by atoms with E-state index in [2.05, 4.69) is 38.8 Å². The van der Waals surface area contributed by atoms with Crippen molar-refractivity contribution in [1.82, 2.24) is 0 Å². The molecule has 0 aliphatic rings. The molecule has 14 heavy (non-hydrogen) atoms. The van der Waals surface area contributed by atoms with Gasteiger partial charge in [0.1, 0.15) is 0 Å². The van der Waals surface area contributed by atoms with Gasteiger partial charge in [0.05, 0.1) is 0 Å². The van der Waals surface area contributed by atoms with Gasteiger partial charge in [-0.1, -0.05) is 51.0 Å². The van der Waals surface area contributed by atoms with E-state index in [1.807, 2.05) is 18.2 Å². The third-order valence-electron chi connectivity index (χ3n) is 2.39. The van der Waals surface area contributed by atoms with Gasteiger partial charge in [-0.15, -0.1) is 0 Å². The molecule has 0 amide bonds. The molecule has 0 spiro atoms. The normalized spacial score (nSPS) is 9.50. The molecule has 0 aromatic heterocycles. The van der Waals surface area contributed by atoms with Crippen LogP contribution < -0.4 is 0 Å². The second-order valence-electron chi connectivity index (χ2n) is 3.15. The fourth-order valence-corrected chi connectivity index (χ4v) is 1.55. The molecule has 0 aliphatic heterocycles. The first-order valence-electron chi connectivity index (χ1n) is 4.81. The lowest BCUT2D eigenvalue weighted by atomic mass is 9.97. The number of hydrogen-bond acceptors (Lipinski definition) is 0. The summed E-state index contributed by atoms with van der Waals surface area (Å²) in [6.45, 7) is 13.5. The molecular weight excluding hydrogens is 168 g/mol. The molecule has 0 fully saturated rings. The van der Waals surface area contributed by atoms with Gasteiger partial charge in [-0.25, -0.2) is 0 Å². The smallest absolute Gasteiger partial charge is 0.0184 e. The van der Waals surface area contributed by atoms with Crippen LogP contribution in [-0.2, 0) is 6.42 Å². The van der Waals surface area contributed by atoms with E-state index in [0.717, 1.165) is 17.5 Å². The summed E-state index contributed by atoms with van der Waals surface area (Å²) in [4.78, 5) is 0. The summed E-state index contributed by atoms with van der Waals surface area (Å²) in [7, 11) is 0. The highest BCUT2D eigenvalue weighted by atomic mass is 14.1. The van der Waals surface area contributed by atoms with Gasteiger partial charge in [-0.3, -0.25) is 0 Å². The van der Waals surface area contributed by atoms with E-state index >= 15 is 0 Å². The van der Waals surface area contributed by atoms with E-state index in [0.29, 0.717) is 0 Å². The summed E-state index contributed by atoms with van der Waals surface area (Å²) >= 11 is 0. The molecule has 0 unspecified atom stereocenters. The molecule has 72 valence electrons. The second-order valence-corrected chi connectivity index (χ2v) is 3.15. The third-order valence-corrected chi connectivity index (χ3v) is 2.39. The zero-order valence-corrected chi connectivity index (χ0v) is 8.72. The molecule has 0 heterocycles. The Morgan fingerprint density at radius 1 is 0.929 bits per heavy atom. The fourth-order valence-electron chi connectivity index (χ4n) is 1.55. The van der Waals surface area contributed by atoms with Gasteiger partial charge >= 0.3 is 0 Å². The topological polar surface area (TPSA) is 0 Å². The van der Waals surface area contributed by atoms with Crippen LogP contribution in [0.25, 0.3) is 18.2 Å². The van der Waals surface area contributed by atoms with Crippen LogP contribution in [-0.4, -0.2) is 0 Å². The Hall–Kier alpha value is -1.56. The molecule has 0 N–H and O–H groups in total. The Bertz CT molecular complexity index is 370. The van der Waals surface area contributed by atoms with Crippen LogP contribution >= 0.6 is 0 Å². The minimum Gasteiger partial charge on any atom is -0.0985 e. The van der Waals surface area contributed by atoms with Gasteiger partial charge in [0.15, 0.2) is 0 Å². The average molecular weight is 184 g/mol. The van der Waals surface area contributed by atoms with E-state index in [9.17, 15) is 0 Å². The van der Waals surface area contributed by atoms with Crippen LogP contribution in [0, 0.1) is 0 Å². The Morgan fingerprint density at radius 3 is 1.86 bits per heavy atom. The highest BCUT2D eigenvalue weighted by Crippen LogP contribution is 2.20. The van der Waals surface area contributed by atoms with Crippen LogP contribution in [0.2, 0.25) is 0 Å². The lowest BCUT2D eigenvalue weighted by Crippen LogP contribution is -1.90. The molecule has 1 rings (SSSR count). The molecule has 0 heteroatoms. The molecule has 0 aliphatic carbocycles. The lowest BCUT2D eigenvalue weighted by molar-refractivity contribution is 1.13. The van der Waals surface area contributed by atoms with Crippen molar-refractivity contribution in [1.29, 1.82) is 0 Å². The monoisotopic (exact) mass is 184 g/mol. The molecule has 0 bridgehead atoms. The molecular formula is C14H16. The predicted molar refractivity (Wildman–Crippen MR) is 66.1 cm³/mol. The molecule has 1 aromatic rings. The van der Waals surface area contributed by atoms with Crippen molar-refractivity contribution in [3.63, 3.8) is 0 Å². The number of rotatable bonds is 4. The van der Waals surface area contributed by atoms with Gasteiger partial charge in [0.25, 0.3) is 0 Å². The number of hydrogen-bond donors (Lipinski definition) is 0. The van der Waals surface area contributed by atoms with Gasteiger partial charge in [0.2, 0.25) is 0 Å². The third kappa shape index (κ3) is 1.85. The van der Waals surface area contributed by atoms with E-state index in [4.69, 9.17) is 0 Å². The molecule has 0 radical (unpaired) electrons. The predicted octanol–water partition coefficient (Wildman–Crippen LogP) is 4.18. The molecule has 0 saturated carbocycles. The summed E-state index contributed by atoms with van der Waals surface area (Å²) in [5.41, 5.74) is 4.75. The molecule has 0 nitrogen and oxygen atoms in total. The van der Waals surface area contributed by atoms with Gasteiger partial charge in [-0.2, -0.15) is 0 Å². The minimum absolute atomic E-state index is 1.01. The van der Waals surface area contributed by atoms with Crippen LogP contribution in [0.3, 0.4) is 0 Å². The zero-order valence-electron chi connectivity index (χ0n) is 8.72. The number of aryl methyl sites for hydroxylation is 1. The Morgan fingerprint density at radius 2 is 1.43 bits per heavy atom. The number of benzene rings is 1. The maximum atomic E-state index is 3.81. The molecule has 0 atom stereocenters. The highest BCUT2D eigenvalue weighted by Gasteiger charge is 2.02. The van der Waals surface area contributed by atoms with Crippen molar-refractivity contribution < 1.29 is 0 Å². The Balaban J connectivity index is 3.41. The Labute approximate surface area is 86.3 Å². The van der Waals surface area contributed by atoms with E-state index in [-0.39, 0.29) is 0 Å². The lowest BCUT2D eigenvalue weighted by Gasteiger charge is -2.08. The van der Waals surface area contributed by atoms with Crippen LogP contribution in [0.1, 0.15) is 29.2 Å². The summed E-state index contributed by atoms with van der Waals surface area (Å²) in [5, 5.41) is 0. The average Bonchev–Trinajstić information content (AvgIpc) is 2.26. The largest absolute Gasteiger partial charge is 0.0985 e. The van der Waals surface area contributed by atoms with Crippen LogP contribution in [0.15, 0.2) is 31.9 Å². The first-order chi connectivity index (χ1) is 6.76. The van der Waals surface area contributed by atoms with Crippen molar-refractivity contribution in [3.8, 4) is 0 Å². The van der Waals surface area contributed by atoms with Gasteiger partial charge < -0.3 is 0 Å². The zero-order chi connectivity index (χ0) is 10.6. The molecule has 0 saturated heterocycles.